The molecule has 7 nitrogen and oxygen atoms in total. The van der Waals surface area contributed by atoms with Crippen LogP contribution < -0.4 is 16.0 Å². The summed E-state index contributed by atoms with van der Waals surface area (Å²) in [6.45, 7) is 5.48. The molecule has 2 aromatic rings. The zero-order chi connectivity index (χ0) is 20.0. The summed E-state index contributed by atoms with van der Waals surface area (Å²) in [6.07, 6.45) is -0.470. The summed E-state index contributed by atoms with van der Waals surface area (Å²) in [5.74, 6) is -0.545. The molecule has 7 heteroatoms. The van der Waals surface area contributed by atoms with E-state index in [1.165, 1.54) is 7.05 Å². The van der Waals surface area contributed by atoms with Crippen molar-refractivity contribution in [3.05, 3.63) is 42.0 Å². The van der Waals surface area contributed by atoms with Crippen LogP contribution in [0.3, 0.4) is 0 Å². The fourth-order valence-corrected chi connectivity index (χ4v) is 2.45. The van der Waals surface area contributed by atoms with Gasteiger partial charge in [0.15, 0.2) is 0 Å². The topological polar surface area (TPSA) is 96.5 Å². The number of anilines is 1. The first-order valence-electron chi connectivity index (χ1n) is 8.71. The lowest BCUT2D eigenvalue weighted by Crippen LogP contribution is -2.31. The molecule has 2 aromatic carbocycles. The Kier molecular flexibility index (Phi) is 6.39. The lowest BCUT2D eigenvalue weighted by molar-refractivity contribution is -0.120. The maximum Gasteiger partial charge on any atom is 0.412 e. The predicted octanol–water partition coefficient (Wildman–Crippen LogP) is 3.05. The van der Waals surface area contributed by atoms with Gasteiger partial charge in [-0.2, -0.15) is 0 Å². The summed E-state index contributed by atoms with van der Waals surface area (Å²) in [6, 6.07) is 11.0. The lowest BCUT2D eigenvalue weighted by atomic mass is 10.0. The Balaban J connectivity index is 2.27. The van der Waals surface area contributed by atoms with E-state index in [0.29, 0.717) is 11.3 Å². The fourth-order valence-electron chi connectivity index (χ4n) is 2.45. The highest BCUT2D eigenvalue weighted by atomic mass is 16.6. The number of hydrogen-bond donors (Lipinski definition) is 3. The molecule has 0 spiro atoms. The third-order valence-electron chi connectivity index (χ3n) is 3.68. The summed E-state index contributed by atoms with van der Waals surface area (Å²) >= 11 is 0. The second-order valence-electron chi connectivity index (χ2n) is 7.05. The van der Waals surface area contributed by atoms with Crippen LogP contribution in [0.2, 0.25) is 0 Å². The Morgan fingerprint density at radius 2 is 1.67 bits per heavy atom. The molecular formula is C20H25N3O4. The third kappa shape index (κ3) is 5.99. The van der Waals surface area contributed by atoms with Crippen molar-refractivity contribution in [3.8, 4) is 0 Å². The molecule has 0 aliphatic rings. The molecule has 144 valence electrons. The smallest absolute Gasteiger partial charge is 0.412 e. The van der Waals surface area contributed by atoms with Crippen LogP contribution in [0.5, 0.6) is 0 Å². The highest BCUT2D eigenvalue weighted by Crippen LogP contribution is 2.25. The molecule has 0 radical (unpaired) electrons. The summed E-state index contributed by atoms with van der Waals surface area (Å²) in [4.78, 5) is 36.1. The lowest BCUT2D eigenvalue weighted by Gasteiger charge is -2.20. The summed E-state index contributed by atoms with van der Waals surface area (Å²) in [7, 11) is 1.54. The van der Waals surface area contributed by atoms with E-state index in [9.17, 15) is 14.4 Å². The molecule has 3 N–H and O–H groups in total. The Bertz CT molecular complexity index is 856. The van der Waals surface area contributed by atoms with E-state index in [1.807, 2.05) is 24.3 Å². The number of hydrogen-bond acceptors (Lipinski definition) is 4. The van der Waals surface area contributed by atoms with Gasteiger partial charge in [-0.05, 0) is 43.7 Å². The van der Waals surface area contributed by atoms with Crippen molar-refractivity contribution >= 4 is 34.4 Å². The average molecular weight is 371 g/mol. The molecule has 0 saturated carbocycles. The van der Waals surface area contributed by atoms with Crippen LogP contribution in [-0.2, 0) is 9.53 Å². The van der Waals surface area contributed by atoms with Gasteiger partial charge in [0.25, 0.3) is 5.91 Å². The number of fused-ring (bicyclic) bond motifs is 1. The van der Waals surface area contributed by atoms with E-state index in [0.717, 1.165) is 10.8 Å². The summed E-state index contributed by atoms with van der Waals surface area (Å²) < 4.78 is 5.28. The maximum atomic E-state index is 12.6. The fraction of sp³-hybridized carbons (Fsp3) is 0.350. The number of carbonyl (C=O) groups excluding carboxylic acids is 3. The molecule has 0 atom stereocenters. The highest BCUT2D eigenvalue weighted by Gasteiger charge is 2.19. The Hall–Kier alpha value is -3.09. The Morgan fingerprint density at radius 3 is 2.26 bits per heavy atom. The number of ether oxygens (including phenoxy) is 1. The summed E-state index contributed by atoms with van der Waals surface area (Å²) in [5.41, 5.74) is -0.00602. The highest BCUT2D eigenvalue weighted by molar-refractivity contribution is 6.07. The molecule has 0 unspecified atom stereocenters. The second-order valence-corrected chi connectivity index (χ2v) is 7.05. The molecular weight excluding hydrogens is 346 g/mol. The summed E-state index contributed by atoms with van der Waals surface area (Å²) in [5, 5.41) is 9.59. The minimum absolute atomic E-state index is 0.166. The van der Waals surface area contributed by atoms with Gasteiger partial charge in [-0.3, -0.25) is 14.9 Å². The van der Waals surface area contributed by atoms with Crippen molar-refractivity contribution in [2.45, 2.75) is 32.8 Å². The van der Waals surface area contributed by atoms with Crippen molar-refractivity contribution in [1.82, 2.24) is 10.6 Å². The zero-order valence-corrected chi connectivity index (χ0v) is 16.0. The number of rotatable bonds is 5. The molecule has 0 aliphatic carbocycles. The van der Waals surface area contributed by atoms with Gasteiger partial charge in [0.05, 0.1) is 11.3 Å². The average Bonchev–Trinajstić information content (AvgIpc) is 2.59. The molecule has 2 rings (SSSR count). The van der Waals surface area contributed by atoms with Gasteiger partial charge in [0.2, 0.25) is 5.91 Å². The molecule has 0 saturated heterocycles. The molecule has 0 aromatic heterocycles. The molecule has 0 fully saturated rings. The number of nitrogens with one attached hydrogen (secondary N) is 3. The molecule has 3 amide bonds. The molecule has 0 bridgehead atoms. The monoisotopic (exact) mass is 371 g/mol. The molecule has 0 aliphatic heterocycles. The number of carbonyl (C=O) groups is 3. The SMILES string of the molecule is CNC(=O)CCNC(=O)c1cc2ccccc2cc1NC(=O)OC(C)(C)C. The predicted molar refractivity (Wildman–Crippen MR) is 105 cm³/mol. The first-order chi connectivity index (χ1) is 12.7. The van der Waals surface area contributed by atoms with E-state index < -0.39 is 11.7 Å². The van der Waals surface area contributed by atoms with Crippen molar-refractivity contribution in [2.24, 2.45) is 0 Å². The van der Waals surface area contributed by atoms with E-state index in [2.05, 4.69) is 16.0 Å². The van der Waals surface area contributed by atoms with Crippen LogP contribution in [0, 0.1) is 0 Å². The first-order valence-corrected chi connectivity index (χ1v) is 8.71. The Labute approximate surface area is 158 Å². The van der Waals surface area contributed by atoms with Crippen molar-refractivity contribution in [3.63, 3.8) is 0 Å². The number of benzene rings is 2. The third-order valence-corrected chi connectivity index (χ3v) is 3.68. The standard InChI is InChI=1S/C20H25N3O4/c1-20(2,3)27-19(26)23-16-12-14-8-6-5-7-13(14)11-15(16)18(25)22-10-9-17(24)21-4/h5-8,11-12H,9-10H2,1-4H3,(H,21,24)(H,22,25)(H,23,26). The largest absolute Gasteiger partial charge is 0.444 e. The molecule has 0 heterocycles. The van der Waals surface area contributed by atoms with Gasteiger partial charge in [0.1, 0.15) is 5.60 Å². The number of amides is 3. The van der Waals surface area contributed by atoms with E-state index in [-0.39, 0.29) is 24.8 Å². The minimum atomic E-state index is -0.656. The van der Waals surface area contributed by atoms with Crippen molar-refractivity contribution < 1.29 is 19.1 Å². The van der Waals surface area contributed by atoms with E-state index in [4.69, 9.17) is 4.74 Å². The van der Waals surface area contributed by atoms with Gasteiger partial charge in [0, 0.05) is 20.0 Å². The maximum absolute atomic E-state index is 12.6. The van der Waals surface area contributed by atoms with Gasteiger partial charge in [-0.1, -0.05) is 24.3 Å². The zero-order valence-electron chi connectivity index (χ0n) is 16.0. The first kappa shape index (κ1) is 20.2. The van der Waals surface area contributed by atoms with Crippen LogP contribution in [-0.4, -0.2) is 37.1 Å². The van der Waals surface area contributed by atoms with Crippen LogP contribution in [0.4, 0.5) is 10.5 Å². The van der Waals surface area contributed by atoms with E-state index in [1.54, 1.807) is 32.9 Å². The van der Waals surface area contributed by atoms with Crippen molar-refractivity contribution in [2.75, 3.05) is 18.9 Å². The van der Waals surface area contributed by atoms with Crippen LogP contribution in [0.25, 0.3) is 10.8 Å². The van der Waals surface area contributed by atoms with Crippen molar-refractivity contribution in [1.29, 1.82) is 0 Å². The second kappa shape index (κ2) is 8.53. The van der Waals surface area contributed by atoms with Crippen LogP contribution in [0.15, 0.2) is 36.4 Å². The quantitative estimate of drug-likeness (QED) is 0.753. The Morgan fingerprint density at radius 1 is 1.04 bits per heavy atom. The van der Waals surface area contributed by atoms with Gasteiger partial charge < -0.3 is 15.4 Å². The van der Waals surface area contributed by atoms with E-state index >= 15 is 0 Å². The van der Waals surface area contributed by atoms with Gasteiger partial charge >= 0.3 is 6.09 Å². The van der Waals surface area contributed by atoms with Crippen LogP contribution >= 0.6 is 0 Å². The normalized spacial score (nSPS) is 11.0. The van der Waals surface area contributed by atoms with Crippen LogP contribution in [0.1, 0.15) is 37.6 Å². The minimum Gasteiger partial charge on any atom is -0.444 e. The molecule has 27 heavy (non-hydrogen) atoms. The van der Waals surface area contributed by atoms with Gasteiger partial charge in [-0.15, -0.1) is 0 Å². The van der Waals surface area contributed by atoms with Gasteiger partial charge in [-0.25, -0.2) is 4.79 Å².